The molecule has 0 radical (unpaired) electrons. The zero-order valence-corrected chi connectivity index (χ0v) is 12.2. The van der Waals surface area contributed by atoms with Crippen LogP contribution >= 0.6 is 15.9 Å². The molecule has 1 aromatic rings. The Labute approximate surface area is 119 Å². The lowest BCUT2D eigenvalue weighted by atomic mass is 10.1. The van der Waals surface area contributed by atoms with E-state index in [0.29, 0.717) is 10.0 Å². The molecule has 0 amide bonds. The van der Waals surface area contributed by atoms with E-state index in [1.807, 2.05) is 0 Å². The van der Waals surface area contributed by atoms with Crippen LogP contribution in [0.4, 0.5) is 0 Å². The number of halogens is 1. The van der Waals surface area contributed by atoms with E-state index >= 15 is 0 Å². The number of methoxy groups -OCH3 is 2. The van der Waals surface area contributed by atoms with Gasteiger partial charge < -0.3 is 24.1 Å². The van der Waals surface area contributed by atoms with E-state index in [1.54, 1.807) is 12.1 Å². The van der Waals surface area contributed by atoms with Gasteiger partial charge in [0.1, 0.15) is 11.3 Å². The number of hydrogen-bond acceptors (Lipinski definition) is 6. The highest BCUT2D eigenvalue weighted by Gasteiger charge is 2.19. The number of ether oxygens (including phenoxy) is 4. The number of aliphatic hydroxyl groups excluding tert-OH is 1. The van der Waals surface area contributed by atoms with Crippen LogP contribution in [0.15, 0.2) is 16.6 Å². The fraction of sp³-hybridized carbons (Fsp3) is 0.417. The van der Waals surface area contributed by atoms with Gasteiger partial charge in [-0.05, 0) is 12.1 Å². The van der Waals surface area contributed by atoms with Crippen LogP contribution in [0, 0.1) is 0 Å². The van der Waals surface area contributed by atoms with Gasteiger partial charge in [0, 0.05) is 24.3 Å². The Morgan fingerprint density at radius 1 is 1.26 bits per heavy atom. The zero-order valence-electron chi connectivity index (χ0n) is 10.6. The van der Waals surface area contributed by atoms with E-state index < -0.39 is 5.97 Å². The summed E-state index contributed by atoms with van der Waals surface area (Å²) in [6, 6.07) is 3.19. The first-order valence-corrected chi connectivity index (χ1v) is 6.14. The minimum Gasteiger partial charge on any atom is -0.466 e. The number of aliphatic hydroxyl groups is 1. The van der Waals surface area contributed by atoms with Gasteiger partial charge in [0.15, 0.2) is 13.6 Å². The Kier molecular flexibility index (Phi) is 6.79. The van der Waals surface area contributed by atoms with E-state index in [2.05, 4.69) is 20.7 Å². The van der Waals surface area contributed by atoms with Crippen molar-refractivity contribution in [3.8, 4) is 5.75 Å². The van der Waals surface area contributed by atoms with Crippen molar-refractivity contribution >= 4 is 21.9 Å². The average molecular weight is 335 g/mol. The summed E-state index contributed by atoms with van der Waals surface area (Å²) in [4.78, 5) is 11.9. The first-order valence-electron chi connectivity index (χ1n) is 5.35. The van der Waals surface area contributed by atoms with E-state index in [-0.39, 0.29) is 31.5 Å². The smallest absolute Gasteiger partial charge is 0.344 e. The van der Waals surface area contributed by atoms with Gasteiger partial charge in [-0.1, -0.05) is 15.9 Å². The summed E-state index contributed by atoms with van der Waals surface area (Å²) >= 11 is 3.26. The lowest BCUT2D eigenvalue weighted by Gasteiger charge is -2.14. The Bertz CT molecular complexity index is 434. The van der Waals surface area contributed by atoms with E-state index in [9.17, 15) is 9.90 Å². The third kappa shape index (κ3) is 4.46. The molecule has 0 aliphatic rings. The maximum Gasteiger partial charge on any atom is 0.344 e. The van der Waals surface area contributed by atoms with E-state index in [4.69, 9.17) is 14.2 Å². The SMILES string of the molecule is COCOC(=O)c1cc(Br)cc(CO)c1OCOC. The van der Waals surface area contributed by atoms with Crippen LogP contribution in [-0.2, 0) is 20.8 Å². The molecule has 1 aromatic carbocycles. The molecule has 0 heterocycles. The minimum absolute atomic E-state index is 0.0425. The molecule has 0 bridgehead atoms. The molecule has 106 valence electrons. The summed E-state index contributed by atoms with van der Waals surface area (Å²) in [6.45, 7) is -0.480. The summed E-state index contributed by atoms with van der Waals surface area (Å²) in [6.07, 6.45) is 0. The molecular formula is C12H15BrO6. The Hall–Kier alpha value is -1.15. The number of esters is 1. The average Bonchev–Trinajstić information content (AvgIpc) is 2.42. The predicted molar refractivity (Wildman–Crippen MR) is 69.9 cm³/mol. The van der Waals surface area contributed by atoms with E-state index in [1.165, 1.54) is 14.2 Å². The van der Waals surface area contributed by atoms with Crippen molar-refractivity contribution in [1.29, 1.82) is 0 Å². The molecule has 1 N–H and O–H groups in total. The Balaban J connectivity index is 3.10. The summed E-state index contributed by atoms with van der Waals surface area (Å²) < 4.78 is 20.3. The van der Waals surface area contributed by atoms with Gasteiger partial charge in [0.25, 0.3) is 0 Å². The van der Waals surface area contributed by atoms with Crippen molar-refractivity contribution < 1.29 is 28.8 Å². The maximum atomic E-state index is 11.9. The topological polar surface area (TPSA) is 74.2 Å². The highest BCUT2D eigenvalue weighted by molar-refractivity contribution is 9.10. The molecule has 0 aliphatic carbocycles. The molecule has 1 rings (SSSR count). The van der Waals surface area contributed by atoms with Gasteiger partial charge in [-0.3, -0.25) is 0 Å². The number of carbonyl (C=O) groups is 1. The molecule has 0 fully saturated rings. The van der Waals surface area contributed by atoms with Crippen LogP contribution in [0.1, 0.15) is 15.9 Å². The highest BCUT2D eigenvalue weighted by atomic mass is 79.9. The van der Waals surface area contributed by atoms with E-state index in [0.717, 1.165) is 0 Å². The van der Waals surface area contributed by atoms with Crippen LogP contribution in [-0.4, -0.2) is 38.9 Å². The molecule has 0 unspecified atom stereocenters. The lowest BCUT2D eigenvalue weighted by molar-refractivity contribution is -0.0133. The van der Waals surface area contributed by atoms with Gasteiger partial charge in [0.05, 0.1) is 6.61 Å². The van der Waals surface area contributed by atoms with Crippen molar-refractivity contribution in [2.24, 2.45) is 0 Å². The fourth-order valence-corrected chi connectivity index (χ4v) is 1.90. The second kappa shape index (κ2) is 8.11. The molecule has 0 aromatic heterocycles. The second-order valence-electron chi connectivity index (χ2n) is 3.49. The molecule has 19 heavy (non-hydrogen) atoms. The Morgan fingerprint density at radius 2 is 1.95 bits per heavy atom. The third-order valence-corrected chi connectivity index (χ3v) is 2.61. The molecular weight excluding hydrogens is 320 g/mol. The number of hydrogen-bond donors (Lipinski definition) is 1. The summed E-state index contributed by atoms with van der Waals surface area (Å²) in [5.41, 5.74) is 0.642. The number of rotatable bonds is 7. The summed E-state index contributed by atoms with van der Waals surface area (Å²) in [5, 5.41) is 9.31. The van der Waals surface area contributed by atoms with Gasteiger partial charge in [-0.25, -0.2) is 4.79 Å². The second-order valence-corrected chi connectivity index (χ2v) is 4.40. The van der Waals surface area contributed by atoms with Gasteiger partial charge in [-0.15, -0.1) is 0 Å². The van der Waals surface area contributed by atoms with Crippen molar-refractivity contribution in [2.75, 3.05) is 27.8 Å². The van der Waals surface area contributed by atoms with Crippen LogP contribution < -0.4 is 4.74 Å². The van der Waals surface area contributed by atoms with Crippen molar-refractivity contribution in [2.45, 2.75) is 6.61 Å². The zero-order chi connectivity index (χ0) is 14.3. The van der Waals surface area contributed by atoms with Gasteiger partial charge in [0.2, 0.25) is 0 Å². The molecule has 0 atom stereocenters. The molecule has 7 heteroatoms. The van der Waals surface area contributed by atoms with Gasteiger partial charge in [-0.2, -0.15) is 0 Å². The molecule has 6 nitrogen and oxygen atoms in total. The minimum atomic E-state index is -0.607. The predicted octanol–water partition coefficient (Wildman–Crippen LogP) is 1.68. The monoisotopic (exact) mass is 334 g/mol. The first-order chi connectivity index (χ1) is 9.13. The van der Waals surface area contributed by atoms with Crippen molar-refractivity contribution in [3.63, 3.8) is 0 Å². The summed E-state index contributed by atoms with van der Waals surface area (Å²) in [7, 11) is 2.87. The fourth-order valence-electron chi connectivity index (χ4n) is 1.40. The van der Waals surface area contributed by atoms with Gasteiger partial charge >= 0.3 is 5.97 Å². The molecule has 0 spiro atoms. The third-order valence-electron chi connectivity index (χ3n) is 2.15. The largest absolute Gasteiger partial charge is 0.466 e. The summed E-state index contributed by atoms with van der Waals surface area (Å²) in [5.74, 6) is -0.377. The van der Waals surface area contributed by atoms with Crippen molar-refractivity contribution in [3.05, 3.63) is 27.7 Å². The van der Waals surface area contributed by atoms with Crippen LogP contribution in [0.5, 0.6) is 5.75 Å². The maximum absolute atomic E-state index is 11.9. The lowest BCUT2D eigenvalue weighted by Crippen LogP contribution is -2.12. The van der Waals surface area contributed by atoms with Crippen molar-refractivity contribution in [1.82, 2.24) is 0 Å². The molecule has 0 aliphatic heterocycles. The molecule has 0 saturated heterocycles. The number of carbonyl (C=O) groups excluding carboxylic acids is 1. The first kappa shape index (κ1) is 15.9. The standard InChI is InChI=1S/C12H15BrO6/c1-16-6-18-11-8(5-14)3-9(13)4-10(11)12(15)19-7-17-2/h3-4,14H,5-7H2,1-2H3. The Morgan fingerprint density at radius 3 is 2.53 bits per heavy atom. The van der Waals surface area contributed by atoms with Crippen LogP contribution in [0.3, 0.4) is 0 Å². The van der Waals surface area contributed by atoms with Crippen LogP contribution in [0.2, 0.25) is 0 Å². The number of benzene rings is 1. The normalized spacial score (nSPS) is 10.3. The highest BCUT2D eigenvalue weighted by Crippen LogP contribution is 2.29. The quantitative estimate of drug-likeness (QED) is 0.604. The molecule has 0 saturated carbocycles. The van der Waals surface area contributed by atoms with Crippen LogP contribution in [0.25, 0.3) is 0 Å².